The standard InChI is InChI=1S/C21H22N4O3/c1-2-28-16-9-7-15(8-10-16)22-20(27)17-13-19(26)24-21(23-17)25-12-11-14-5-3-4-6-18(14)25/h3-10,17H,2,11-13H2,1H3,(H,22,27)(H,23,24,26)/t17-/m0/s1. The molecule has 28 heavy (non-hydrogen) atoms. The Labute approximate surface area is 163 Å². The first-order valence-corrected chi connectivity index (χ1v) is 9.41. The van der Waals surface area contributed by atoms with Crippen molar-refractivity contribution in [2.24, 2.45) is 4.99 Å². The second-order valence-electron chi connectivity index (χ2n) is 6.70. The van der Waals surface area contributed by atoms with E-state index in [2.05, 4.69) is 21.7 Å². The van der Waals surface area contributed by atoms with Crippen LogP contribution in [0.25, 0.3) is 0 Å². The van der Waals surface area contributed by atoms with E-state index in [0.717, 1.165) is 24.4 Å². The van der Waals surface area contributed by atoms with Crippen LogP contribution >= 0.6 is 0 Å². The van der Waals surface area contributed by atoms with Gasteiger partial charge in [-0.1, -0.05) is 18.2 Å². The van der Waals surface area contributed by atoms with Gasteiger partial charge in [0.1, 0.15) is 11.8 Å². The lowest BCUT2D eigenvalue weighted by Crippen LogP contribution is -2.50. The summed E-state index contributed by atoms with van der Waals surface area (Å²) in [5, 5.41) is 5.64. The smallest absolute Gasteiger partial charge is 0.249 e. The number of carbonyl (C=O) groups is 2. The van der Waals surface area contributed by atoms with Crippen molar-refractivity contribution in [1.82, 2.24) is 5.32 Å². The molecular formula is C21H22N4O3. The number of fused-ring (bicyclic) bond motifs is 1. The number of rotatable bonds is 4. The second kappa shape index (κ2) is 7.72. The minimum absolute atomic E-state index is 0.0296. The maximum atomic E-state index is 12.7. The Morgan fingerprint density at radius 1 is 1.25 bits per heavy atom. The Bertz CT molecular complexity index is 924. The van der Waals surface area contributed by atoms with Gasteiger partial charge >= 0.3 is 0 Å². The first kappa shape index (κ1) is 18.0. The molecule has 2 aliphatic rings. The lowest BCUT2D eigenvalue weighted by atomic mass is 10.1. The monoisotopic (exact) mass is 378 g/mol. The zero-order valence-corrected chi connectivity index (χ0v) is 15.6. The third-order valence-corrected chi connectivity index (χ3v) is 4.79. The van der Waals surface area contributed by atoms with E-state index in [4.69, 9.17) is 4.74 Å². The maximum absolute atomic E-state index is 12.7. The Morgan fingerprint density at radius 3 is 2.82 bits per heavy atom. The first-order valence-electron chi connectivity index (χ1n) is 9.41. The molecule has 0 radical (unpaired) electrons. The molecule has 0 aromatic heterocycles. The van der Waals surface area contributed by atoms with Crippen LogP contribution in [0.5, 0.6) is 5.75 Å². The summed E-state index contributed by atoms with van der Waals surface area (Å²) < 4.78 is 5.40. The normalized spacial score (nSPS) is 18.2. The minimum Gasteiger partial charge on any atom is -0.494 e. The number of carbonyl (C=O) groups excluding carboxylic acids is 2. The molecule has 0 saturated carbocycles. The summed E-state index contributed by atoms with van der Waals surface area (Å²) in [7, 11) is 0. The SMILES string of the molecule is CCOc1ccc(NC(=O)[C@@H]2CC(=O)NC(N3CCc4ccccc43)=N2)cc1. The molecule has 0 unspecified atom stereocenters. The van der Waals surface area contributed by atoms with Crippen LogP contribution in [0.15, 0.2) is 53.5 Å². The van der Waals surface area contributed by atoms with Crippen LogP contribution in [-0.2, 0) is 16.0 Å². The summed E-state index contributed by atoms with van der Waals surface area (Å²) in [6.07, 6.45) is 0.913. The molecule has 2 amide bonds. The van der Waals surface area contributed by atoms with Crippen LogP contribution in [-0.4, -0.2) is 37.0 Å². The highest BCUT2D eigenvalue weighted by Gasteiger charge is 2.32. The predicted octanol–water partition coefficient (Wildman–Crippen LogP) is 2.33. The average Bonchev–Trinajstić information content (AvgIpc) is 3.13. The average molecular weight is 378 g/mol. The van der Waals surface area contributed by atoms with Crippen LogP contribution in [0.3, 0.4) is 0 Å². The summed E-state index contributed by atoms with van der Waals surface area (Å²) in [4.78, 5) is 31.4. The van der Waals surface area contributed by atoms with Crippen molar-refractivity contribution in [2.75, 3.05) is 23.4 Å². The van der Waals surface area contributed by atoms with Gasteiger partial charge in [-0.25, -0.2) is 4.99 Å². The number of hydrogen-bond donors (Lipinski definition) is 2. The molecule has 0 fully saturated rings. The summed E-state index contributed by atoms with van der Waals surface area (Å²) >= 11 is 0. The molecule has 144 valence electrons. The van der Waals surface area contributed by atoms with E-state index in [1.165, 1.54) is 5.56 Å². The summed E-state index contributed by atoms with van der Waals surface area (Å²) in [6, 6.07) is 14.4. The van der Waals surface area contributed by atoms with E-state index in [1.54, 1.807) is 24.3 Å². The van der Waals surface area contributed by atoms with Crippen molar-refractivity contribution < 1.29 is 14.3 Å². The Kier molecular flexibility index (Phi) is 4.97. The van der Waals surface area contributed by atoms with Crippen LogP contribution in [0.1, 0.15) is 18.9 Å². The van der Waals surface area contributed by atoms with Crippen molar-refractivity contribution >= 4 is 29.1 Å². The molecule has 0 aliphatic carbocycles. The maximum Gasteiger partial charge on any atom is 0.249 e. The van der Waals surface area contributed by atoms with Gasteiger partial charge in [0.05, 0.1) is 13.0 Å². The highest BCUT2D eigenvalue weighted by Crippen LogP contribution is 2.28. The number of ether oxygens (including phenoxy) is 1. The topological polar surface area (TPSA) is 83.0 Å². The van der Waals surface area contributed by atoms with E-state index >= 15 is 0 Å². The van der Waals surface area contributed by atoms with Gasteiger partial charge in [-0.15, -0.1) is 0 Å². The fourth-order valence-electron chi connectivity index (χ4n) is 3.45. The number of nitrogens with one attached hydrogen (secondary N) is 2. The van der Waals surface area contributed by atoms with Gasteiger partial charge in [0.2, 0.25) is 17.8 Å². The third-order valence-electron chi connectivity index (χ3n) is 4.79. The van der Waals surface area contributed by atoms with Gasteiger partial charge in [-0.3, -0.25) is 14.9 Å². The Balaban J connectivity index is 1.50. The zero-order chi connectivity index (χ0) is 19.5. The van der Waals surface area contributed by atoms with Gasteiger partial charge in [0.15, 0.2) is 0 Å². The molecule has 1 atom stereocenters. The van der Waals surface area contributed by atoms with E-state index in [0.29, 0.717) is 18.3 Å². The molecule has 7 heteroatoms. The molecule has 0 bridgehead atoms. The highest BCUT2D eigenvalue weighted by atomic mass is 16.5. The first-order chi connectivity index (χ1) is 13.6. The molecular weight excluding hydrogens is 356 g/mol. The second-order valence-corrected chi connectivity index (χ2v) is 6.70. The number of para-hydroxylation sites is 1. The molecule has 2 heterocycles. The fourth-order valence-corrected chi connectivity index (χ4v) is 3.45. The number of aliphatic imine (C=N–C) groups is 1. The van der Waals surface area contributed by atoms with Gasteiger partial charge < -0.3 is 15.0 Å². The minimum atomic E-state index is -0.761. The van der Waals surface area contributed by atoms with Crippen molar-refractivity contribution in [3.8, 4) is 5.75 Å². The van der Waals surface area contributed by atoms with E-state index in [1.807, 2.05) is 30.0 Å². The van der Waals surface area contributed by atoms with E-state index in [-0.39, 0.29) is 18.2 Å². The number of benzene rings is 2. The molecule has 4 rings (SSSR count). The molecule has 2 aromatic carbocycles. The van der Waals surface area contributed by atoms with E-state index < -0.39 is 6.04 Å². The molecule has 2 aromatic rings. The van der Waals surface area contributed by atoms with Gasteiger partial charge in [0.25, 0.3) is 0 Å². The summed E-state index contributed by atoms with van der Waals surface area (Å²) in [5.41, 5.74) is 2.87. The van der Waals surface area contributed by atoms with Crippen molar-refractivity contribution in [3.05, 3.63) is 54.1 Å². The number of nitrogens with zero attached hydrogens (tertiary/aromatic N) is 2. The van der Waals surface area contributed by atoms with Gasteiger partial charge in [-0.2, -0.15) is 0 Å². The molecule has 2 N–H and O–H groups in total. The van der Waals surface area contributed by atoms with Crippen molar-refractivity contribution in [3.63, 3.8) is 0 Å². The molecule has 0 spiro atoms. The molecule has 0 saturated heterocycles. The lowest BCUT2D eigenvalue weighted by molar-refractivity contribution is -0.124. The summed E-state index contributed by atoms with van der Waals surface area (Å²) in [5.74, 6) is 0.670. The highest BCUT2D eigenvalue weighted by molar-refractivity contribution is 6.11. The van der Waals surface area contributed by atoms with Crippen molar-refractivity contribution in [2.45, 2.75) is 25.8 Å². The number of hydrogen-bond acceptors (Lipinski definition) is 5. The lowest BCUT2D eigenvalue weighted by Gasteiger charge is -2.27. The number of anilines is 2. The van der Waals surface area contributed by atoms with Crippen LogP contribution in [0, 0.1) is 0 Å². The predicted molar refractivity (Wildman–Crippen MR) is 108 cm³/mol. The fraction of sp³-hybridized carbons (Fsp3) is 0.286. The van der Waals surface area contributed by atoms with Gasteiger partial charge in [-0.05, 0) is 49.2 Å². The van der Waals surface area contributed by atoms with Crippen molar-refractivity contribution in [1.29, 1.82) is 0 Å². The third kappa shape index (κ3) is 3.69. The largest absolute Gasteiger partial charge is 0.494 e. The van der Waals surface area contributed by atoms with E-state index in [9.17, 15) is 9.59 Å². The Morgan fingerprint density at radius 2 is 2.04 bits per heavy atom. The Hall–Kier alpha value is -3.35. The summed E-state index contributed by atoms with van der Waals surface area (Å²) in [6.45, 7) is 3.23. The number of guanidine groups is 1. The molecule has 7 nitrogen and oxygen atoms in total. The molecule has 2 aliphatic heterocycles. The van der Waals surface area contributed by atoms with Crippen LogP contribution in [0.4, 0.5) is 11.4 Å². The quantitative estimate of drug-likeness (QED) is 0.855. The van der Waals surface area contributed by atoms with Crippen LogP contribution in [0.2, 0.25) is 0 Å². The van der Waals surface area contributed by atoms with Crippen LogP contribution < -0.4 is 20.3 Å². The zero-order valence-electron chi connectivity index (χ0n) is 15.6. The van der Waals surface area contributed by atoms with Gasteiger partial charge in [0, 0.05) is 17.9 Å². The number of amides is 2.